The second-order valence-corrected chi connectivity index (χ2v) is 4.53. The molecular weight excluding hydrogens is 286 g/mol. The molecule has 5 nitrogen and oxygen atoms in total. The van der Waals surface area contributed by atoms with Gasteiger partial charge in [0.1, 0.15) is 0 Å². The number of hydrogen-bond donors (Lipinski definition) is 1. The Hall–Kier alpha value is -1.69. The highest BCUT2D eigenvalue weighted by molar-refractivity contribution is 9.10. The number of carboxylic acid groups (broad SMARTS) is 1. The smallest absolute Gasteiger partial charge is 0.356 e. The number of benzene rings is 1. The maximum absolute atomic E-state index is 11.0. The molecule has 0 saturated heterocycles. The molecule has 0 saturated carbocycles. The fourth-order valence-corrected chi connectivity index (χ4v) is 1.80. The Kier molecular flexibility index (Phi) is 3.23. The number of carbonyl (C=O) groups is 1. The van der Waals surface area contributed by atoms with E-state index >= 15 is 0 Å². The van der Waals surface area contributed by atoms with E-state index in [4.69, 9.17) is 5.11 Å². The molecule has 1 heterocycles. The standard InChI is InChI=1S/C11H10BrN3O2/c1-7-10(11(16)17)15(14-13-7)6-8-2-4-9(12)5-3-8/h2-5H,6H2,1H3,(H,16,17). The van der Waals surface area contributed by atoms with Crippen molar-refractivity contribution in [3.05, 3.63) is 45.7 Å². The van der Waals surface area contributed by atoms with Gasteiger partial charge in [0.15, 0.2) is 5.69 Å². The van der Waals surface area contributed by atoms with E-state index in [1.54, 1.807) is 6.92 Å². The zero-order chi connectivity index (χ0) is 12.4. The van der Waals surface area contributed by atoms with Gasteiger partial charge >= 0.3 is 5.97 Å². The summed E-state index contributed by atoms with van der Waals surface area (Å²) >= 11 is 3.34. The first-order chi connectivity index (χ1) is 8.08. The molecule has 0 aliphatic carbocycles. The zero-order valence-electron chi connectivity index (χ0n) is 9.09. The van der Waals surface area contributed by atoms with Gasteiger partial charge in [-0.15, -0.1) is 5.10 Å². The molecule has 1 N–H and O–H groups in total. The van der Waals surface area contributed by atoms with Gasteiger partial charge in [-0.2, -0.15) is 0 Å². The molecule has 0 atom stereocenters. The fraction of sp³-hybridized carbons (Fsp3) is 0.182. The van der Waals surface area contributed by atoms with Gasteiger partial charge in [0.25, 0.3) is 0 Å². The van der Waals surface area contributed by atoms with Gasteiger partial charge < -0.3 is 5.11 Å². The number of aryl methyl sites for hydroxylation is 1. The predicted molar refractivity (Wildman–Crippen MR) is 65.0 cm³/mol. The predicted octanol–water partition coefficient (Wildman–Crippen LogP) is 2.10. The third-order valence-corrected chi connectivity index (χ3v) is 2.88. The van der Waals surface area contributed by atoms with E-state index < -0.39 is 5.97 Å². The van der Waals surface area contributed by atoms with Crippen LogP contribution in [0.2, 0.25) is 0 Å². The molecule has 1 aromatic heterocycles. The highest BCUT2D eigenvalue weighted by Crippen LogP contribution is 2.13. The lowest BCUT2D eigenvalue weighted by atomic mass is 10.2. The molecule has 6 heteroatoms. The second kappa shape index (κ2) is 4.67. The average molecular weight is 296 g/mol. The minimum absolute atomic E-state index is 0.132. The van der Waals surface area contributed by atoms with Crippen LogP contribution in [0.25, 0.3) is 0 Å². The van der Waals surface area contributed by atoms with Gasteiger partial charge in [-0.05, 0) is 24.6 Å². The molecule has 2 aromatic rings. The van der Waals surface area contributed by atoms with Crippen LogP contribution in [0, 0.1) is 6.92 Å². The van der Waals surface area contributed by atoms with Gasteiger partial charge in [-0.3, -0.25) is 0 Å². The first-order valence-electron chi connectivity index (χ1n) is 4.96. The molecule has 0 fully saturated rings. The molecule has 2 rings (SSSR count). The monoisotopic (exact) mass is 295 g/mol. The number of aromatic nitrogens is 3. The van der Waals surface area contributed by atoms with Crippen molar-refractivity contribution in [3.63, 3.8) is 0 Å². The van der Waals surface area contributed by atoms with Crippen LogP contribution >= 0.6 is 15.9 Å². The number of halogens is 1. The lowest BCUT2D eigenvalue weighted by molar-refractivity contribution is 0.0683. The van der Waals surface area contributed by atoms with Gasteiger partial charge in [-0.1, -0.05) is 33.3 Å². The lowest BCUT2D eigenvalue weighted by Gasteiger charge is -2.04. The molecule has 1 aromatic carbocycles. The van der Waals surface area contributed by atoms with Crippen molar-refractivity contribution in [1.82, 2.24) is 15.0 Å². The van der Waals surface area contributed by atoms with E-state index in [-0.39, 0.29) is 5.69 Å². The summed E-state index contributed by atoms with van der Waals surface area (Å²) in [6, 6.07) is 7.62. The van der Waals surface area contributed by atoms with E-state index in [1.807, 2.05) is 24.3 Å². The first-order valence-corrected chi connectivity index (χ1v) is 5.75. The Morgan fingerprint density at radius 3 is 2.65 bits per heavy atom. The normalized spacial score (nSPS) is 10.5. The van der Waals surface area contributed by atoms with E-state index in [0.717, 1.165) is 10.0 Å². The Bertz CT molecular complexity index is 548. The van der Waals surface area contributed by atoms with Crippen molar-refractivity contribution >= 4 is 21.9 Å². The lowest BCUT2D eigenvalue weighted by Crippen LogP contribution is -2.11. The second-order valence-electron chi connectivity index (χ2n) is 3.61. The Balaban J connectivity index is 2.30. The van der Waals surface area contributed by atoms with Crippen LogP contribution in [0.1, 0.15) is 21.7 Å². The maximum atomic E-state index is 11.0. The average Bonchev–Trinajstić information content (AvgIpc) is 2.63. The van der Waals surface area contributed by atoms with E-state index in [9.17, 15) is 4.79 Å². The van der Waals surface area contributed by atoms with Crippen LogP contribution < -0.4 is 0 Å². The molecular formula is C11H10BrN3O2. The Morgan fingerprint density at radius 1 is 1.41 bits per heavy atom. The van der Waals surface area contributed by atoms with Crippen molar-refractivity contribution in [1.29, 1.82) is 0 Å². The number of carboxylic acids is 1. The molecule has 0 radical (unpaired) electrons. The van der Waals surface area contributed by atoms with Crippen LogP contribution in [0.5, 0.6) is 0 Å². The third kappa shape index (κ3) is 2.52. The van der Waals surface area contributed by atoms with E-state index in [1.165, 1.54) is 4.68 Å². The zero-order valence-corrected chi connectivity index (χ0v) is 10.7. The van der Waals surface area contributed by atoms with Gasteiger partial charge in [-0.25, -0.2) is 9.48 Å². The summed E-state index contributed by atoms with van der Waals surface area (Å²) in [6.45, 7) is 2.03. The van der Waals surface area contributed by atoms with Crippen molar-refractivity contribution < 1.29 is 9.90 Å². The summed E-state index contributed by atoms with van der Waals surface area (Å²) in [7, 11) is 0. The minimum Gasteiger partial charge on any atom is -0.476 e. The highest BCUT2D eigenvalue weighted by atomic mass is 79.9. The summed E-state index contributed by atoms with van der Waals surface area (Å²) in [5.74, 6) is -1.01. The summed E-state index contributed by atoms with van der Waals surface area (Å²) in [6.07, 6.45) is 0. The molecule has 88 valence electrons. The van der Waals surface area contributed by atoms with Crippen LogP contribution in [0.3, 0.4) is 0 Å². The quantitative estimate of drug-likeness (QED) is 0.941. The molecule has 17 heavy (non-hydrogen) atoms. The summed E-state index contributed by atoms with van der Waals surface area (Å²) in [5.41, 5.74) is 1.53. The molecule has 0 aliphatic rings. The number of nitrogens with zero attached hydrogens (tertiary/aromatic N) is 3. The Labute approximate surface area is 106 Å². The van der Waals surface area contributed by atoms with E-state index in [2.05, 4.69) is 26.2 Å². The SMILES string of the molecule is Cc1nnn(Cc2ccc(Br)cc2)c1C(=O)O. The molecule has 0 amide bonds. The summed E-state index contributed by atoms with van der Waals surface area (Å²) < 4.78 is 2.37. The van der Waals surface area contributed by atoms with Crippen LogP contribution in [-0.2, 0) is 6.54 Å². The molecule has 0 bridgehead atoms. The molecule has 0 unspecified atom stereocenters. The Morgan fingerprint density at radius 2 is 2.06 bits per heavy atom. The van der Waals surface area contributed by atoms with Crippen molar-refractivity contribution in [2.75, 3.05) is 0 Å². The van der Waals surface area contributed by atoms with Crippen molar-refractivity contribution in [2.24, 2.45) is 0 Å². The van der Waals surface area contributed by atoms with Gasteiger partial charge in [0.2, 0.25) is 0 Å². The van der Waals surface area contributed by atoms with Crippen LogP contribution in [0.15, 0.2) is 28.7 Å². The van der Waals surface area contributed by atoms with Gasteiger partial charge in [0, 0.05) is 4.47 Å². The van der Waals surface area contributed by atoms with Gasteiger partial charge in [0.05, 0.1) is 12.2 Å². The summed E-state index contributed by atoms with van der Waals surface area (Å²) in [5, 5.41) is 16.7. The molecule has 0 spiro atoms. The topological polar surface area (TPSA) is 68.0 Å². The summed E-state index contributed by atoms with van der Waals surface area (Å²) in [4.78, 5) is 11.0. The van der Waals surface area contributed by atoms with Crippen LogP contribution in [0.4, 0.5) is 0 Å². The third-order valence-electron chi connectivity index (χ3n) is 2.35. The minimum atomic E-state index is -1.01. The fourth-order valence-electron chi connectivity index (χ4n) is 1.54. The highest BCUT2D eigenvalue weighted by Gasteiger charge is 2.16. The molecule has 0 aliphatic heterocycles. The maximum Gasteiger partial charge on any atom is 0.356 e. The van der Waals surface area contributed by atoms with Crippen molar-refractivity contribution in [2.45, 2.75) is 13.5 Å². The largest absolute Gasteiger partial charge is 0.476 e. The first kappa shape index (κ1) is 11.8. The van der Waals surface area contributed by atoms with Crippen molar-refractivity contribution in [3.8, 4) is 0 Å². The van der Waals surface area contributed by atoms with Crippen LogP contribution in [-0.4, -0.2) is 26.1 Å². The number of hydrogen-bond acceptors (Lipinski definition) is 3. The van der Waals surface area contributed by atoms with E-state index in [0.29, 0.717) is 12.2 Å². The number of aromatic carboxylic acids is 1. The number of rotatable bonds is 3.